The van der Waals surface area contributed by atoms with E-state index >= 15 is 0 Å². The zero-order valence-corrected chi connectivity index (χ0v) is 7.53. The number of hydrogen-bond donors (Lipinski definition) is 1. The van der Waals surface area contributed by atoms with E-state index in [9.17, 15) is 0 Å². The molecule has 0 aliphatic heterocycles. The summed E-state index contributed by atoms with van der Waals surface area (Å²) in [5.41, 5.74) is 7.76. The standard InChI is InChI=1S/C10H12N2O/c1-7(11)4-8-2-3-10-9(5-8)6-12-13-10/h2-3,5-7H,4,11H2,1H3. The molecule has 2 N–H and O–H groups in total. The summed E-state index contributed by atoms with van der Waals surface area (Å²) in [7, 11) is 0. The second kappa shape index (κ2) is 3.18. The van der Waals surface area contributed by atoms with E-state index in [0.717, 1.165) is 17.4 Å². The molecule has 68 valence electrons. The molecule has 0 saturated heterocycles. The van der Waals surface area contributed by atoms with Gasteiger partial charge in [0.1, 0.15) is 0 Å². The fraction of sp³-hybridized carbons (Fsp3) is 0.300. The summed E-state index contributed by atoms with van der Waals surface area (Å²) in [6.07, 6.45) is 2.61. The van der Waals surface area contributed by atoms with Gasteiger partial charge in [0.05, 0.1) is 6.20 Å². The number of aromatic nitrogens is 1. The van der Waals surface area contributed by atoms with Gasteiger partial charge in [-0.1, -0.05) is 11.2 Å². The summed E-state index contributed by atoms with van der Waals surface area (Å²) >= 11 is 0. The lowest BCUT2D eigenvalue weighted by molar-refractivity contribution is 0.456. The minimum atomic E-state index is 0.192. The van der Waals surface area contributed by atoms with Crippen molar-refractivity contribution in [2.24, 2.45) is 5.73 Å². The van der Waals surface area contributed by atoms with Crippen LogP contribution in [0.3, 0.4) is 0 Å². The zero-order chi connectivity index (χ0) is 9.26. The monoisotopic (exact) mass is 176 g/mol. The van der Waals surface area contributed by atoms with E-state index in [1.165, 1.54) is 5.56 Å². The molecule has 0 spiro atoms. The van der Waals surface area contributed by atoms with Gasteiger partial charge in [-0.05, 0) is 31.0 Å². The second-order valence-corrected chi connectivity index (χ2v) is 3.38. The summed E-state index contributed by atoms with van der Waals surface area (Å²) in [5, 5.41) is 4.76. The minimum absolute atomic E-state index is 0.192. The topological polar surface area (TPSA) is 52.0 Å². The number of nitrogens with two attached hydrogens (primary N) is 1. The highest BCUT2D eigenvalue weighted by molar-refractivity contribution is 5.76. The predicted molar refractivity (Wildman–Crippen MR) is 51.4 cm³/mol. The Morgan fingerprint density at radius 3 is 3.15 bits per heavy atom. The lowest BCUT2D eigenvalue weighted by atomic mass is 10.1. The molecule has 0 fully saturated rings. The highest BCUT2D eigenvalue weighted by atomic mass is 16.5. The third-order valence-corrected chi connectivity index (χ3v) is 1.97. The number of rotatable bonds is 2. The molecule has 3 heteroatoms. The molecular weight excluding hydrogens is 164 g/mol. The Kier molecular flexibility index (Phi) is 2.02. The highest BCUT2D eigenvalue weighted by Crippen LogP contribution is 2.15. The Hall–Kier alpha value is -1.35. The molecule has 3 nitrogen and oxygen atoms in total. The molecular formula is C10H12N2O. The fourth-order valence-corrected chi connectivity index (χ4v) is 1.42. The Morgan fingerprint density at radius 2 is 2.38 bits per heavy atom. The minimum Gasteiger partial charge on any atom is -0.356 e. The fourth-order valence-electron chi connectivity index (χ4n) is 1.42. The van der Waals surface area contributed by atoms with Crippen LogP contribution < -0.4 is 5.73 Å². The van der Waals surface area contributed by atoms with Crippen molar-refractivity contribution in [3.63, 3.8) is 0 Å². The lowest BCUT2D eigenvalue weighted by Gasteiger charge is -2.03. The maximum atomic E-state index is 5.70. The van der Waals surface area contributed by atoms with E-state index in [2.05, 4.69) is 11.2 Å². The number of hydrogen-bond acceptors (Lipinski definition) is 3. The number of benzene rings is 1. The SMILES string of the molecule is CC(N)Cc1ccc2oncc2c1. The van der Waals surface area contributed by atoms with Crippen LogP contribution in [0.1, 0.15) is 12.5 Å². The molecule has 1 heterocycles. The molecule has 0 amide bonds. The van der Waals surface area contributed by atoms with Crippen LogP contribution in [-0.4, -0.2) is 11.2 Å². The number of nitrogens with zero attached hydrogens (tertiary/aromatic N) is 1. The van der Waals surface area contributed by atoms with Gasteiger partial charge in [0.2, 0.25) is 0 Å². The third-order valence-electron chi connectivity index (χ3n) is 1.97. The van der Waals surface area contributed by atoms with Gasteiger partial charge in [0.25, 0.3) is 0 Å². The molecule has 0 saturated carbocycles. The molecule has 1 atom stereocenters. The molecule has 0 bridgehead atoms. The molecule has 1 unspecified atom stereocenters. The van der Waals surface area contributed by atoms with E-state index in [-0.39, 0.29) is 6.04 Å². The quantitative estimate of drug-likeness (QED) is 0.757. The van der Waals surface area contributed by atoms with Gasteiger partial charge in [0.15, 0.2) is 5.58 Å². The summed E-state index contributed by atoms with van der Waals surface area (Å²) in [4.78, 5) is 0. The average Bonchev–Trinajstić information content (AvgIpc) is 2.49. The van der Waals surface area contributed by atoms with E-state index < -0.39 is 0 Å². The summed E-state index contributed by atoms with van der Waals surface area (Å²) < 4.78 is 5.00. The van der Waals surface area contributed by atoms with Crippen LogP contribution in [0.5, 0.6) is 0 Å². The summed E-state index contributed by atoms with van der Waals surface area (Å²) in [5.74, 6) is 0. The van der Waals surface area contributed by atoms with Gasteiger partial charge in [-0.15, -0.1) is 0 Å². The molecule has 0 aliphatic rings. The molecule has 0 aliphatic carbocycles. The van der Waals surface area contributed by atoms with Crippen molar-refractivity contribution in [2.45, 2.75) is 19.4 Å². The Bertz CT molecular complexity index is 406. The predicted octanol–water partition coefficient (Wildman–Crippen LogP) is 1.72. The molecule has 2 aromatic rings. The lowest BCUT2D eigenvalue weighted by Crippen LogP contribution is -2.17. The number of fused-ring (bicyclic) bond motifs is 1. The van der Waals surface area contributed by atoms with Crippen LogP contribution in [-0.2, 0) is 6.42 Å². The molecule has 0 radical (unpaired) electrons. The smallest absolute Gasteiger partial charge is 0.166 e. The normalized spacial score (nSPS) is 13.4. The van der Waals surface area contributed by atoms with Crippen LogP contribution in [0.25, 0.3) is 11.0 Å². The van der Waals surface area contributed by atoms with Crippen molar-refractivity contribution in [3.8, 4) is 0 Å². The van der Waals surface area contributed by atoms with Gasteiger partial charge < -0.3 is 10.3 Å². The first-order valence-corrected chi connectivity index (χ1v) is 4.34. The van der Waals surface area contributed by atoms with Gasteiger partial charge in [-0.25, -0.2) is 0 Å². The summed E-state index contributed by atoms with van der Waals surface area (Å²) in [6.45, 7) is 2.00. The molecule has 13 heavy (non-hydrogen) atoms. The van der Waals surface area contributed by atoms with Gasteiger partial charge in [-0.2, -0.15) is 0 Å². The molecule has 2 rings (SSSR count). The average molecular weight is 176 g/mol. The molecule has 1 aromatic carbocycles. The largest absolute Gasteiger partial charge is 0.356 e. The maximum Gasteiger partial charge on any atom is 0.166 e. The van der Waals surface area contributed by atoms with Gasteiger partial charge in [0, 0.05) is 11.4 Å². The highest BCUT2D eigenvalue weighted by Gasteiger charge is 2.01. The molecule has 1 aromatic heterocycles. The first-order valence-electron chi connectivity index (χ1n) is 4.34. The Balaban J connectivity index is 2.37. The second-order valence-electron chi connectivity index (χ2n) is 3.38. The van der Waals surface area contributed by atoms with Crippen molar-refractivity contribution < 1.29 is 4.52 Å². The summed E-state index contributed by atoms with van der Waals surface area (Å²) in [6, 6.07) is 6.21. The Labute approximate surface area is 76.5 Å². The van der Waals surface area contributed by atoms with E-state index in [1.54, 1.807) is 6.20 Å². The maximum absolute atomic E-state index is 5.70. The van der Waals surface area contributed by atoms with Crippen molar-refractivity contribution in [2.75, 3.05) is 0 Å². The van der Waals surface area contributed by atoms with Crippen molar-refractivity contribution in [3.05, 3.63) is 30.0 Å². The van der Waals surface area contributed by atoms with Crippen LogP contribution in [0.15, 0.2) is 28.9 Å². The van der Waals surface area contributed by atoms with Gasteiger partial charge >= 0.3 is 0 Å². The van der Waals surface area contributed by atoms with Crippen LogP contribution in [0, 0.1) is 0 Å². The van der Waals surface area contributed by atoms with Crippen LogP contribution in [0.2, 0.25) is 0 Å². The van der Waals surface area contributed by atoms with Crippen molar-refractivity contribution in [1.82, 2.24) is 5.16 Å². The van der Waals surface area contributed by atoms with Gasteiger partial charge in [-0.3, -0.25) is 0 Å². The third kappa shape index (κ3) is 1.70. The van der Waals surface area contributed by atoms with Crippen molar-refractivity contribution >= 4 is 11.0 Å². The van der Waals surface area contributed by atoms with Crippen LogP contribution >= 0.6 is 0 Å². The Morgan fingerprint density at radius 1 is 1.54 bits per heavy atom. The van der Waals surface area contributed by atoms with E-state index in [4.69, 9.17) is 10.3 Å². The van der Waals surface area contributed by atoms with E-state index in [0.29, 0.717) is 0 Å². The van der Waals surface area contributed by atoms with Crippen LogP contribution in [0.4, 0.5) is 0 Å². The first kappa shape index (κ1) is 8.26. The first-order chi connectivity index (χ1) is 6.25. The zero-order valence-electron chi connectivity index (χ0n) is 7.53. The van der Waals surface area contributed by atoms with E-state index in [1.807, 2.05) is 19.1 Å². The van der Waals surface area contributed by atoms with Crippen molar-refractivity contribution in [1.29, 1.82) is 0 Å².